The molecule has 0 radical (unpaired) electrons. The van der Waals surface area contributed by atoms with E-state index in [-0.39, 0.29) is 18.3 Å². The van der Waals surface area contributed by atoms with Crippen molar-refractivity contribution in [3.8, 4) is 0 Å². The van der Waals surface area contributed by atoms with Crippen molar-refractivity contribution in [2.45, 2.75) is 76.6 Å². The van der Waals surface area contributed by atoms with Crippen LogP contribution in [0.5, 0.6) is 0 Å². The molecule has 0 unspecified atom stereocenters. The number of hydrogen-bond donors (Lipinski definition) is 2. The summed E-state index contributed by atoms with van der Waals surface area (Å²) in [5.41, 5.74) is 0. The van der Waals surface area contributed by atoms with Crippen LogP contribution in [0.15, 0.2) is 0 Å². The molecule has 2 fully saturated rings. The van der Waals surface area contributed by atoms with E-state index in [2.05, 4.69) is 6.92 Å². The van der Waals surface area contributed by atoms with Gasteiger partial charge in [-0.3, -0.25) is 0 Å². The van der Waals surface area contributed by atoms with Crippen LogP contribution in [0.2, 0.25) is 0 Å². The Bertz CT molecular complexity index is 186. The van der Waals surface area contributed by atoms with E-state index in [0.717, 1.165) is 25.7 Å². The van der Waals surface area contributed by atoms with Gasteiger partial charge in [-0.05, 0) is 31.6 Å². The minimum atomic E-state index is -0.205. The highest BCUT2D eigenvalue weighted by molar-refractivity contribution is 4.73. The first-order valence-corrected chi connectivity index (χ1v) is 7.04. The maximum absolute atomic E-state index is 9.24. The lowest BCUT2D eigenvalue weighted by Gasteiger charge is -2.25. The number of rotatable bonds is 1. The second-order valence-electron chi connectivity index (χ2n) is 5.46. The van der Waals surface area contributed by atoms with Gasteiger partial charge in [0.05, 0.1) is 18.3 Å². The first-order chi connectivity index (χ1) is 8.15. The fraction of sp³-hybridized carbons (Fsp3) is 1.00. The summed E-state index contributed by atoms with van der Waals surface area (Å²) in [5.74, 6) is 0.559. The molecule has 2 rings (SSSR count). The molecule has 0 saturated heterocycles. The smallest absolute Gasteiger partial charge is 0.0830 e. The molecule has 0 aromatic carbocycles. The molecule has 2 saturated carbocycles. The fourth-order valence-corrected chi connectivity index (χ4v) is 2.65. The largest absolute Gasteiger partial charge is 0.393 e. The molecule has 0 spiro atoms. The van der Waals surface area contributed by atoms with Crippen molar-refractivity contribution in [2.75, 3.05) is 7.11 Å². The quantitative estimate of drug-likeness (QED) is 0.745. The Hall–Kier alpha value is -0.120. The summed E-state index contributed by atoms with van der Waals surface area (Å²) in [6, 6.07) is 0. The average Bonchev–Trinajstić information content (AvgIpc) is 2.34. The van der Waals surface area contributed by atoms with E-state index in [4.69, 9.17) is 4.74 Å². The summed E-state index contributed by atoms with van der Waals surface area (Å²) >= 11 is 0. The van der Waals surface area contributed by atoms with Crippen LogP contribution in [0.3, 0.4) is 0 Å². The van der Waals surface area contributed by atoms with Crippen LogP contribution < -0.4 is 0 Å². The Morgan fingerprint density at radius 3 is 1.71 bits per heavy atom. The van der Waals surface area contributed by atoms with Gasteiger partial charge in [0, 0.05) is 7.11 Å². The van der Waals surface area contributed by atoms with Gasteiger partial charge in [0.25, 0.3) is 0 Å². The molecule has 0 amide bonds. The summed E-state index contributed by atoms with van der Waals surface area (Å²) in [7, 11) is 1.67. The molecule has 0 aromatic rings. The summed E-state index contributed by atoms with van der Waals surface area (Å²) < 4.78 is 5.05. The first-order valence-electron chi connectivity index (χ1n) is 7.04. The predicted octanol–water partition coefficient (Wildman–Crippen LogP) is 2.49. The third kappa shape index (κ3) is 5.36. The topological polar surface area (TPSA) is 49.7 Å². The van der Waals surface area contributed by atoms with E-state index in [0.29, 0.717) is 5.92 Å². The summed E-state index contributed by atoms with van der Waals surface area (Å²) in [4.78, 5) is 0. The van der Waals surface area contributed by atoms with E-state index in [9.17, 15) is 10.2 Å². The van der Waals surface area contributed by atoms with Gasteiger partial charge in [-0.1, -0.05) is 32.6 Å². The lowest BCUT2D eigenvalue weighted by Crippen LogP contribution is -2.30. The molecular weight excluding hydrogens is 216 g/mol. The predicted molar refractivity (Wildman–Crippen MR) is 68.9 cm³/mol. The molecule has 102 valence electrons. The fourth-order valence-electron chi connectivity index (χ4n) is 2.65. The number of aliphatic hydroxyl groups is 2. The van der Waals surface area contributed by atoms with E-state index in [1.54, 1.807) is 7.11 Å². The normalized spacial score (nSPS) is 38.1. The van der Waals surface area contributed by atoms with Crippen molar-refractivity contribution in [3.05, 3.63) is 0 Å². The maximum Gasteiger partial charge on any atom is 0.0830 e. The van der Waals surface area contributed by atoms with Crippen LogP contribution in [-0.2, 0) is 4.74 Å². The SMILES string of the molecule is CO[C@@H]1CCCC[C@@H]1O.C[C@@H]1CCCC[C@@H]1O. The Morgan fingerprint density at radius 1 is 0.824 bits per heavy atom. The number of methoxy groups -OCH3 is 1. The standard InChI is InChI=1S/C7H14O2.C7H14O/c1-9-7-5-3-2-4-6(7)8;1-6-4-2-3-5-7(6)8/h6-8H,2-5H2,1H3;6-8H,2-5H2,1H3/t2*6-,7+/m01/s1. The molecule has 0 aliphatic heterocycles. The second-order valence-corrected chi connectivity index (χ2v) is 5.46. The highest BCUT2D eigenvalue weighted by Crippen LogP contribution is 2.23. The maximum atomic E-state index is 9.24. The molecule has 4 atom stereocenters. The highest BCUT2D eigenvalue weighted by Gasteiger charge is 2.21. The van der Waals surface area contributed by atoms with E-state index in [1.807, 2.05) is 0 Å². The molecule has 0 bridgehead atoms. The number of ether oxygens (including phenoxy) is 1. The highest BCUT2D eigenvalue weighted by atomic mass is 16.5. The van der Waals surface area contributed by atoms with Gasteiger partial charge in [0.2, 0.25) is 0 Å². The molecule has 2 N–H and O–H groups in total. The Morgan fingerprint density at radius 2 is 1.35 bits per heavy atom. The van der Waals surface area contributed by atoms with Gasteiger partial charge in [0.1, 0.15) is 0 Å². The zero-order valence-electron chi connectivity index (χ0n) is 11.3. The Balaban J connectivity index is 0.000000171. The summed E-state index contributed by atoms with van der Waals surface area (Å²) in [6.07, 6.45) is 9.00. The molecular formula is C14H28O3. The van der Waals surface area contributed by atoms with Gasteiger partial charge in [-0.25, -0.2) is 0 Å². The molecule has 0 heterocycles. The molecule has 3 heteroatoms. The van der Waals surface area contributed by atoms with Crippen molar-refractivity contribution >= 4 is 0 Å². The van der Waals surface area contributed by atoms with Crippen molar-refractivity contribution in [2.24, 2.45) is 5.92 Å². The van der Waals surface area contributed by atoms with E-state index >= 15 is 0 Å². The van der Waals surface area contributed by atoms with Gasteiger partial charge < -0.3 is 14.9 Å². The third-order valence-electron chi connectivity index (χ3n) is 4.04. The summed E-state index contributed by atoms with van der Waals surface area (Å²) in [6.45, 7) is 2.13. The number of aliphatic hydroxyl groups excluding tert-OH is 2. The van der Waals surface area contributed by atoms with Crippen LogP contribution in [0.25, 0.3) is 0 Å². The van der Waals surface area contributed by atoms with Crippen molar-refractivity contribution in [1.29, 1.82) is 0 Å². The Labute approximate surface area is 105 Å². The van der Waals surface area contributed by atoms with Crippen LogP contribution in [0.1, 0.15) is 58.3 Å². The Kier molecular flexibility index (Phi) is 7.09. The zero-order chi connectivity index (χ0) is 12.7. The van der Waals surface area contributed by atoms with Gasteiger partial charge in [-0.15, -0.1) is 0 Å². The van der Waals surface area contributed by atoms with Crippen LogP contribution >= 0.6 is 0 Å². The van der Waals surface area contributed by atoms with E-state index in [1.165, 1.54) is 25.7 Å². The average molecular weight is 244 g/mol. The minimum Gasteiger partial charge on any atom is -0.393 e. The van der Waals surface area contributed by atoms with Gasteiger partial charge >= 0.3 is 0 Å². The lowest BCUT2D eigenvalue weighted by molar-refractivity contribution is -0.0359. The van der Waals surface area contributed by atoms with Crippen molar-refractivity contribution in [3.63, 3.8) is 0 Å². The van der Waals surface area contributed by atoms with Crippen LogP contribution in [-0.4, -0.2) is 35.6 Å². The third-order valence-corrected chi connectivity index (χ3v) is 4.04. The molecule has 0 aromatic heterocycles. The van der Waals surface area contributed by atoms with Crippen LogP contribution in [0.4, 0.5) is 0 Å². The van der Waals surface area contributed by atoms with E-state index < -0.39 is 0 Å². The molecule has 3 nitrogen and oxygen atoms in total. The van der Waals surface area contributed by atoms with Crippen LogP contribution in [0, 0.1) is 5.92 Å². The first kappa shape index (κ1) is 14.9. The van der Waals surface area contributed by atoms with Gasteiger partial charge in [-0.2, -0.15) is 0 Å². The lowest BCUT2D eigenvalue weighted by atomic mass is 9.88. The number of hydrogen-bond acceptors (Lipinski definition) is 3. The van der Waals surface area contributed by atoms with Crippen molar-refractivity contribution in [1.82, 2.24) is 0 Å². The molecule has 17 heavy (non-hydrogen) atoms. The van der Waals surface area contributed by atoms with Crippen molar-refractivity contribution < 1.29 is 14.9 Å². The monoisotopic (exact) mass is 244 g/mol. The zero-order valence-corrected chi connectivity index (χ0v) is 11.3. The summed E-state index contributed by atoms with van der Waals surface area (Å²) in [5, 5.41) is 18.4. The minimum absolute atomic E-state index is 0.00347. The second kappa shape index (κ2) is 8.06. The molecule has 2 aliphatic rings. The van der Waals surface area contributed by atoms with Gasteiger partial charge in [0.15, 0.2) is 0 Å². The molecule has 2 aliphatic carbocycles.